The highest BCUT2D eigenvalue weighted by atomic mass is 15.1. The van der Waals surface area contributed by atoms with Gasteiger partial charge in [-0.25, -0.2) is 0 Å². The summed E-state index contributed by atoms with van der Waals surface area (Å²) in [5.74, 6) is 0. The maximum Gasteiger partial charge on any atom is 0.0597 e. The molecule has 0 aliphatic rings. The first-order valence-corrected chi connectivity index (χ1v) is 5.81. The second kappa shape index (κ2) is 6.33. The van der Waals surface area contributed by atoms with Crippen LogP contribution < -0.4 is 10.6 Å². The van der Waals surface area contributed by atoms with Crippen LogP contribution in [-0.4, -0.2) is 13.6 Å². The molecule has 0 aliphatic carbocycles. The lowest BCUT2D eigenvalue weighted by Crippen LogP contribution is -2.19. The van der Waals surface area contributed by atoms with Crippen molar-refractivity contribution in [1.82, 2.24) is 0 Å². The van der Waals surface area contributed by atoms with Gasteiger partial charge in [0.1, 0.15) is 0 Å². The van der Waals surface area contributed by atoms with Crippen molar-refractivity contribution in [2.75, 3.05) is 24.2 Å². The van der Waals surface area contributed by atoms with Crippen molar-refractivity contribution in [2.45, 2.75) is 32.6 Å². The van der Waals surface area contributed by atoms with Gasteiger partial charge in [-0.15, -0.1) is 0 Å². The predicted octanol–water partition coefficient (Wildman–Crippen LogP) is 3.29. The molecule has 2 nitrogen and oxygen atoms in total. The maximum atomic E-state index is 5.91. The largest absolute Gasteiger partial charge is 0.397 e. The molecule has 1 aromatic rings. The molecule has 84 valence electrons. The van der Waals surface area contributed by atoms with E-state index in [0.29, 0.717) is 0 Å². The van der Waals surface area contributed by atoms with E-state index in [9.17, 15) is 0 Å². The Hall–Kier alpha value is -1.18. The summed E-state index contributed by atoms with van der Waals surface area (Å²) in [4.78, 5) is 2.24. The van der Waals surface area contributed by atoms with Gasteiger partial charge in [-0.05, 0) is 18.6 Å². The molecule has 0 heterocycles. The minimum Gasteiger partial charge on any atom is -0.397 e. The average molecular weight is 206 g/mol. The lowest BCUT2D eigenvalue weighted by atomic mass is 10.2. The fraction of sp³-hybridized carbons (Fsp3) is 0.538. The summed E-state index contributed by atoms with van der Waals surface area (Å²) in [6.07, 6.45) is 5.18. The molecule has 0 saturated heterocycles. The van der Waals surface area contributed by atoms with E-state index in [1.54, 1.807) is 0 Å². The third-order valence-electron chi connectivity index (χ3n) is 2.70. The number of nitrogens with two attached hydrogens (primary N) is 1. The summed E-state index contributed by atoms with van der Waals surface area (Å²) in [7, 11) is 2.11. The van der Waals surface area contributed by atoms with Crippen LogP contribution in [0.25, 0.3) is 0 Å². The Morgan fingerprint density at radius 1 is 1.13 bits per heavy atom. The molecule has 0 spiro atoms. The Kier molecular flexibility index (Phi) is 5.02. The minimum absolute atomic E-state index is 0.871. The zero-order valence-corrected chi connectivity index (χ0v) is 9.87. The fourth-order valence-corrected chi connectivity index (χ4v) is 1.73. The monoisotopic (exact) mass is 206 g/mol. The molecule has 2 N–H and O–H groups in total. The third kappa shape index (κ3) is 3.82. The number of benzene rings is 1. The highest BCUT2D eigenvalue weighted by Crippen LogP contribution is 2.21. The van der Waals surface area contributed by atoms with Gasteiger partial charge in [-0.1, -0.05) is 38.3 Å². The second-order valence-corrected chi connectivity index (χ2v) is 4.04. The molecule has 0 unspecified atom stereocenters. The lowest BCUT2D eigenvalue weighted by molar-refractivity contribution is 0.661. The number of para-hydroxylation sites is 2. The SMILES string of the molecule is CCCCCCN(C)c1ccccc1N. The van der Waals surface area contributed by atoms with Crippen LogP contribution in [0.5, 0.6) is 0 Å². The zero-order valence-electron chi connectivity index (χ0n) is 9.87. The average Bonchev–Trinajstić information content (AvgIpc) is 2.25. The predicted molar refractivity (Wildman–Crippen MR) is 68.3 cm³/mol. The van der Waals surface area contributed by atoms with Gasteiger partial charge in [0, 0.05) is 13.6 Å². The Balaban J connectivity index is 2.40. The van der Waals surface area contributed by atoms with Crippen LogP contribution in [0.1, 0.15) is 32.6 Å². The number of anilines is 2. The summed E-state index contributed by atoms with van der Waals surface area (Å²) in [6, 6.07) is 8.05. The molecule has 0 aromatic heterocycles. The molecule has 1 aromatic carbocycles. The van der Waals surface area contributed by atoms with Gasteiger partial charge in [-0.2, -0.15) is 0 Å². The third-order valence-corrected chi connectivity index (χ3v) is 2.70. The van der Waals surface area contributed by atoms with Crippen LogP contribution in [0.15, 0.2) is 24.3 Å². The van der Waals surface area contributed by atoms with Gasteiger partial charge < -0.3 is 10.6 Å². The van der Waals surface area contributed by atoms with E-state index in [-0.39, 0.29) is 0 Å². The van der Waals surface area contributed by atoms with Crippen molar-refractivity contribution in [3.05, 3.63) is 24.3 Å². The van der Waals surface area contributed by atoms with Crippen LogP contribution in [-0.2, 0) is 0 Å². The number of hydrogen-bond donors (Lipinski definition) is 1. The van der Waals surface area contributed by atoms with E-state index >= 15 is 0 Å². The highest BCUT2D eigenvalue weighted by molar-refractivity contribution is 5.66. The first-order chi connectivity index (χ1) is 7.25. The Labute approximate surface area is 93.1 Å². The molecule has 0 amide bonds. The zero-order chi connectivity index (χ0) is 11.1. The molecule has 15 heavy (non-hydrogen) atoms. The van der Waals surface area contributed by atoms with E-state index < -0.39 is 0 Å². The van der Waals surface area contributed by atoms with E-state index in [0.717, 1.165) is 17.9 Å². The molecular weight excluding hydrogens is 184 g/mol. The fourth-order valence-electron chi connectivity index (χ4n) is 1.73. The van der Waals surface area contributed by atoms with Gasteiger partial charge >= 0.3 is 0 Å². The molecular formula is C13H22N2. The van der Waals surface area contributed by atoms with E-state index in [2.05, 4.69) is 24.9 Å². The van der Waals surface area contributed by atoms with Crippen molar-refractivity contribution in [1.29, 1.82) is 0 Å². The number of rotatable bonds is 6. The Morgan fingerprint density at radius 3 is 2.53 bits per heavy atom. The van der Waals surface area contributed by atoms with Gasteiger partial charge in [0.2, 0.25) is 0 Å². The van der Waals surface area contributed by atoms with E-state index in [1.165, 1.54) is 25.7 Å². The number of unbranched alkanes of at least 4 members (excludes halogenated alkanes) is 3. The summed E-state index contributed by atoms with van der Waals surface area (Å²) >= 11 is 0. The number of nitrogens with zero attached hydrogens (tertiary/aromatic N) is 1. The van der Waals surface area contributed by atoms with Crippen molar-refractivity contribution >= 4 is 11.4 Å². The number of hydrogen-bond acceptors (Lipinski definition) is 2. The maximum absolute atomic E-state index is 5.91. The van der Waals surface area contributed by atoms with E-state index in [1.807, 2.05) is 18.2 Å². The van der Waals surface area contributed by atoms with E-state index in [4.69, 9.17) is 5.73 Å². The first-order valence-electron chi connectivity index (χ1n) is 5.81. The molecule has 0 radical (unpaired) electrons. The molecule has 0 bridgehead atoms. The molecule has 2 heteroatoms. The quantitative estimate of drug-likeness (QED) is 0.571. The minimum atomic E-state index is 0.871. The number of nitrogen functional groups attached to an aromatic ring is 1. The van der Waals surface area contributed by atoms with Crippen LogP contribution in [0, 0.1) is 0 Å². The Morgan fingerprint density at radius 2 is 1.87 bits per heavy atom. The topological polar surface area (TPSA) is 29.3 Å². The standard InChI is InChI=1S/C13H22N2/c1-3-4-5-8-11-15(2)13-10-7-6-9-12(13)14/h6-7,9-10H,3-5,8,11,14H2,1-2H3. The van der Waals surface area contributed by atoms with Crippen molar-refractivity contribution in [2.24, 2.45) is 0 Å². The van der Waals surface area contributed by atoms with Gasteiger partial charge in [0.25, 0.3) is 0 Å². The smallest absolute Gasteiger partial charge is 0.0597 e. The molecule has 0 fully saturated rings. The molecule has 0 saturated carbocycles. The summed E-state index contributed by atoms with van der Waals surface area (Å²) in [5, 5.41) is 0. The summed E-state index contributed by atoms with van der Waals surface area (Å²) in [5.41, 5.74) is 7.93. The molecule has 1 rings (SSSR count). The van der Waals surface area contributed by atoms with Crippen LogP contribution in [0.4, 0.5) is 11.4 Å². The first kappa shape index (κ1) is 11.9. The van der Waals surface area contributed by atoms with Crippen LogP contribution >= 0.6 is 0 Å². The lowest BCUT2D eigenvalue weighted by Gasteiger charge is -2.20. The van der Waals surface area contributed by atoms with Gasteiger partial charge in [0.05, 0.1) is 11.4 Å². The Bertz CT molecular complexity index is 284. The highest BCUT2D eigenvalue weighted by Gasteiger charge is 2.02. The molecule has 0 aliphatic heterocycles. The van der Waals surface area contributed by atoms with Crippen LogP contribution in [0.3, 0.4) is 0 Å². The normalized spacial score (nSPS) is 10.3. The van der Waals surface area contributed by atoms with Crippen molar-refractivity contribution in [3.8, 4) is 0 Å². The second-order valence-electron chi connectivity index (χ2n) is 4.04. The van der Waals surface area contributed by atoms with Crippen molar-refractivity contribution < 1.29 is 0 Å². The van der Waals surface area contributed by atoms with Crippen molar-refractivity contribution in [3.63, 3.8) is 0 Å². The molecule has 0 atom stereocenters. The van der Waals surface area contributed by atoms with Crippen LogP contribution in [0.2, 0.25) is 0 Å². The van der Waals surface area contributed by atoms with Gasteiger partial charge in [-0.3, -0.25) is 0 Å². The summed E-state index contributed by atoms with van der Waals surface area (Å²) in [6.45, 7) is 3.33. The van der Waals surface area contributed by atoms with Gasteiger partial charge in [0.15, 0.2) is 0 Å². The summed E-state index contributed by atoms with van der Waals surface area (Å²) < 4.78 is 0.